The number of ether oxygens (including phenoxy) is 2. The molecule has 7 heteroatoms. The predicted molar refractivity (Wildman–Crippen MR) is 143 cm³/mol. The molecule has 1 aliphatic rings. The topological polar surface area (TPSA) is 112 Å². The molecule has 0 aromatic heterocycles. The molecule has 1 fully saturated rings. The first-order chi connectivity index (χ1) is 17.3. The Balaban J connectivity index is 1.54. The Morgan fingerprint density at radius 3 is 2.56 bits per heavy atom. The molecule has 0 aliphatic carbocycles. The number of rotatable bonds is 9. The summed E-state index contributed by atoms with van der Waals surface area (Å²) in [4.78, 5) is 15.0. The Hall–Kier alpha value is -4.13. The molecule has 0 amide bonds. The number of hydrogen-bond donors (Lipinski definition) is 3. The first-order valence-corrected chi connectivity index (χ1v) is 12.1. The minimum Gasteiger partial charge on any atom is -0.489 e. The monoisotopic (exact) mass is 484 g/mol. The van der Waals surface area contributed by atoms with Crippen LogP contribution in [0, 0.1) is 10.8 Å². The molecule has 3 aromatic carbocycles. The summed E-state index contributed by atoms with van der Waals surface area (Å²) in [6.07, 6.45) is 2.95. The molecular weight excluding hydrogens is 452 g/mol. The molecule has 1 unspecified atom stereocenters. The van der Waals surface area contributed by atoms with E-state index in [0.717, 1.165) is 40.6 Å². The molecule has 2 atom stereocenters. The Morgan fingerprint density at radius 1 is 1.14 bits per heavy atom. The number of nitrogens with one attached hydrogen (secondary N) is 2. The number of likely N-dealkylation sites (tertiary alicyclic amines) is 1. The number of nitrogen functional groups attached to an aromatic ring is 1. The highest BCUT2D eigenvalue weighted by molar-refractivity contribution is 5.99. The van der Waals surface area contributed by atoms with Gasteiger partial charge in [-0.15, -0.1) is 0 Å². The third-order valence-corrected chi connectivity index (χ3v) is 6.49. The average Bonchev–Trinajstić information content (AvgIpc) is 3.35. The zero-order chi connectivity index (χ0) is 25.7. The summed E-state index contributed by atoms with van der Waals surface area (Å²) < 4.78 is 11.5. The van der Waals surface area contributed by atoms with Gasteiger partial charge in [0.05, 0.1) is 18.3 Å². The van der Waals surface area contributed by atoms with E-state index in [1.807, 2.05) is 65.6 Å². The molecule has 0 saturated carbocycles. The normalized spacial score (nSPS) is 15.9. The highest BCUT2D eigenvalue weighted by Gasteiger charge is 2.25. The fraction of sp³-hybridized carbons (Fsp3) is 0.276. The smallest absolute Gasteiger partial charge is 0.314 e. The molecule has 1 aliphatic heterocycles. The second kappa shape index (κ2) is 11.1. The number of nitrogens with two attached hydrogens (primary N) is 1. The standard InChI is InChI=1S/C29H32N4O3/c1-3-14-35-29(34)27(16-20-4-5-21-6-7-23(28(31)32)17-24(21)15-20)22-8-10-25(11-9-22)36-26-12-13-33(18-26)19(2)30/h3-11,15,17,26-27,30H,1,12-14,16,18H2,2H3,(H3,31,32)/t26-,27?/m0/s1. The van der Waals surface area contributed by atoms with E-state index in [2.05, 4.69) is 6.58 Å². The molecule has 1 saturated heterocycles. The van der Waals surface area contributed by atoms with Gasteiger partial charge < -0.3 is 20.1 Å². The summed E-state index contributed by atoms with van der Waals surface area (Å²) in [5.41, 5.74) is 8.15. The summed E-state index contributed by atoms with van der Waals surface area (Å²) in [6.45, 7) is 7.13. The minimum absolute atomic E-state index is 0.0220. The van der Waals surface area contributed by atoms with Gasteiger partial charge in [-0.1, -0.05) is 55.1 Å². The fourth-order valence-electron chi connectivity index (χ4n) is 4.51. The van der Waals surface area contributed by atoms with Crippen LogP contribution < -0.4 is 10.5 Å². The summed E-state index contributed by atoms with van der Waals surface area (Å²) in [7, 11) is 0. The Labute approximate surface area is 211 Å². The van der Waals surface area contributed by atoms with E-state index < -0.39 is 5.92 Å². The lowest BCUT2D eigenvalue weighted by Crippen LogP contribution is -2.28. The third kappa shape index (κ3) is 5.92. The second-order valence-corrected chi connectivity index (χ2v) is 9.11. The second-order valence-electron chi connectivity index (χ2n) is 9.11. The van der Waals surface area contributed by atoms with E-state index in [1.54, 1.807) is 13.0 Å². The zero-order valence-corrected chi connectivity index (χ0v) is 20.5. The van der Waals surface area contributed by atoms with Crippen molar-refractivity contribution in [1.82, 2.24) is 4.90 Å². The summed E-state index contributed by atoms with van der Waals surface area (Å²) in [5.74, 6) is 0.523. The van der Waals surface area contributed by atoms with E-state index >= 15 is 0 Å². The molecule has 1 heterocycles. The van der Waals surface area contributed by atoms with Gasteiger partial charge in [0.25, 0.3) is 0 Å². The lowest BCUT2D eigenvalue weighted by atomic mass is 9.91. The Kier molecular flexibility index (Phi) is 7.68. The molecule has 36 heavy (non-hydrogen) atoms. The van der Waals surface area contributed by atoms with Crippen LogP contribution in [0.25, 0.3) is 10.8 Å². The minimum atomic E-state index is -0.491. The van der Waals surface area contributed by atoms with Crippen LogP contribution in [0.1, 0.15) is 36.0 Å². The molecule has 0 bridgehead atoms. The van der Waals surface area contributed by atoms with Crippen LogP contribution in [0.5, 0.6) is 5.75 Å². The number of esters is 1. The zero-order valence-electron chi connectivity index (χ0n) is 20.5. The van der Waals surface area contributed by atoms with Crippen LogP contribution in [0.4, 0.5) is 0 Å². The molecule has 4 N–H and O–H groups in total. The van der Waals surface area contributed by atoms with Crippen molar-refractivity contribution < 1.29 is 14.3 Å². The number of benzene rings is 3. The van der Waals surface area contributed by atoms with E-state index in [1.165, 1.54) is 0 Å². The van der Waals surface area contributed by atoms with Crippen molar-refractivity contribution in [2.24, 2.45) is 5.73 Å². The number of fused-ring (bicyclic) bond motifs is 1. The van der Waals surface area contributed by atoms with Crippen molar-refractivity contribution in [3.8, 4) is 5.75 Å². The van der Waals surface area contributed by atoms with E-state index in [-0.39, 0.29) is 24.5 Å². The fourth-order valence-corrected chi connectivity index (χ4v) is 4.51. The molecule has 0 spiro atoms. The maximum absolute atomic E-state index is 13.0. The number of hydrogen-bond acceptors (Lipinski definition) is 5. The number of amidine groups is 2. The SMILES string of the molecule is C=CCOC(=O)C(Cc1ccc2ccc(C(=N)N)cc2c1)c1ccc(O[C@H]2CCN(C(C)=N)C2)cc1. The van der Waals surface area contributed by atoms with Gasteiger partial charge in [-0.2, -0.15) is 0 Å². The van der Waals surface area contributed by atoms with Crippen LogP contribution in [0.15, 0.2) is 73.3 Å². The first kappa shape index (κ1) is 25.0. The van der Waals surface area contributed by atoms with Gasteiger partial charge in [-0.05, 0) is 53.4 Å². The van der Waals surface area contributed by atoms with Gasteiger partial charge >= 0.3 is 5.97 Å². The summed E-state index contributed by atoms with van der Waals surface area (Å²) in [6, 6.07) is 19.3. The lowest BCUT2D eigenvalue weighted by Gasteiger charge is -2.19. The van der Waals surface area contributed by atoms with Crippen molar-refractivity contribution in [3.63, 3.8) is 0 Å². The lowest BCUT2D eigenvalue weighted by molar-refractivity contribution is -0.144. The molecule has 4 rings (SSSR count). The number of carbonyl (C=O) groups excluding carboxylic acids is 1. The van der Waals surface area contributed by atoms with E-state index in [9.17, 15) is 4.79 Å². The van der Waals surface area contributed by atoms with Gasteiger partial charge in [-0.3, -0.25) is 15.6 Å². The van der Waals surface area contributed by atoms with E-state index in [0.29, 0.717) is 24.4 Å². The van der Waals surface area contributed by atoms with Crippen molar-refractivity contribution in [2.75, 3.05) is 19.7 Å². The van der Waals surface area contributed by atoms with Gasteiger partial charge in [0, 0.05) is 18.5 Å². The predicted octanol–water partition coefficient (Wildman–Crippen LogP) is 4.63. The highest BCUT2D eigenvalue weighted by Crippen LogP contribution is 2.28. The summed E-state index contributed by atoms with van der Waals surface area (Å²) >= 11 is 0. The molecule has 0 radical (unpaired) electrons. The van der Waals surface area contributed by atoms with Crippen molar-refractivity contribution in [1.29, 1.82) is 10.8 Å². The number of nitrogens with zero attached hydrogens (tertiary/aromatic N) is 1. The van der Waals surface area contributed by atoms with Crippen molar-refractivity contribution in [3.05, 3.63) is 90.0 Å². The third-order valence-electron chi connectivity index (χ3n) is 6.49. The molecule has 186 valence electrons. The maximum atomic E-state index is 13.0. The average molecular weight is 485 g/mol. The van der Waals surface area contributed by atoms with Crippen LogP contribution in [0.3, 0.4) is 0 Å². The van der Waals surface area contributed by atoms with E-state index in [4.69, 9.17) is 26.0 Å². The first-order valence-electron chi connectivity index (χ1n) is 12.1. The van der Waals surface area contributed by atoms with Crippen LogP contribution in [0.2, 0.25) is 0 Å². The van der Waals surface area contributed by atoms with Crippen LogP contribution >= 0.6 is 0 Å². The van der Waals surface area contributed by atoms with Crippen LogP contribution in [-0.2, 0) is 16.0 Å². The maximum Gasteiger partial charge on any atom is 0.314 e. The quantitative estimate of drug-likeness (QED) is 0.177. The van der Waals surface area contributed by atoms with Crippen molar-refractivity contribution in [2.45, 2.75) is 31.8 Å². The molecule has 3 aromatic rings. The van der Waals surface area contributed by atoms with Gasteiger partial charge in [0.2, 0.25) is 0 Å². The highest BCUT2D eigenvalue weighted by atomic mass is 16.5. The summed E-state index contributed by atoms with van der Waals surface area (Å²) in [5, 5.41) is 17.5. The van der Waals surface area contributed by atoms with Gasteiger partial charge in [0.1, 0.15) is 24.3 Å². The molecular formula is C29H32N4O3. The Morgan fingerprint density at radius 2 is 1.89 bits per heavy atom. The Bertz CT molecular complexity index is 1290. The molecule has 7 nitrogen and oxygen atoms in total. The number of carbonyl (C=O) groups is 1. The van der Waals surface area contributed by atoms with Crippen LogP contribution in [-0.4, -0.2) is 48.3 Å². The van der Waals surface area contributed by atoms with Crippen molar-refractivity contribution >= 4 is 28.4 Å². The largest absolute Gasteiger partial charge is 0.489 e. The van der Waals surface area contributed by atoms with Gasteiger partial charge in [-0.25, -0.2) is 0 Å². The van der Waals surface area contributed by atoms with Gasteiger partial charge in [0.15, 0.2) is 0 Å².